The Morgan fingerprint density at radius 2 is 1.55 bits per heavy atom. The monoisotopic (exact) mass is 493 g/mol. The molecule has 0 spiro atoms. The van der Waals surface area contributed by atoms with Crippen molar-refractivity contribution in [3.8, 4) is 16.9 Å². The first-order valence-corrected chi connectivity index (χ1v) is 11.3. The van der Waals surface area contributed by atoms with Crippen LogP contribution in [-0.4, -0.2) is 26.3 Å². The first-order valence-electron chi connectivity index (χ1n) is 10.5. The second-order valence-electron chi connectivity index (χ2n) is 7.95. The molecule has 3 aromatic carbocycles. The van der Waals surface area contributed by atoms with Crippen LogP contribution in [0, 0.1) is 6.92 Å². The zero-order valence-electron chi connectivity index (χ0n) is 17.5. The Kier molecular flexibility index (Phi) is 4.38. The minimum absolute atomic E-state index is 0.178. The topological polar surface area (TPSA) is 64.8 Å². The van der Waals surface area contributed by atoms with E-state index < -0.39 is 0 Å². The number of benzene rings is 3. The summed E-state index contributed by atoms with van der Waals surface area (Å²) in [4.78, 5) is 32.3. The molecule has 5 nitrogen and oxygen atoms in total. The molecule has 33 heavy (non-hydrogen) atoms. The van der Waals surface area contributed by atoms with E-state index in [1.54, 1.807) is 22.9 Å². The molecule has 0 saturated heterocycles. The third-order valence-corrected chi connectivity index (χ3v) is 6.51. The van der Waals surface area contributed by atoms with E-state index in [0.29, 0.717) is 44.7 Å². The molecule has 2 heterocycles. The fourth-order valence-electron chi connectivity index (χ4n) is 4.48. The molecule has 0 unspecified atom stereocenters. The highest BCUT2D eigenvalue weighted by Gasteiger charge is 2.36. The summed E-state index contributed by atoms with van der Waals surface area (Å²) in [5.41, 5.74) is 5.09. The molecular formula is C27H16BrN3O2. The van der Waals surface area contributed by atoms with Crippen LogP contribution in [0.25, 0.3) is 28.0 Å². The quantitative estimate of drug-likeness (QED) is 0.286. The van der Waals surface area contributed by atoms with Crippen LogP contribution in [0.5, 0.6) is 0 Å². The Bertz CT molecular complexity index is 1600. The van der Waals surface area contributed by atoms with E-state index in [1.165, 1.54) is 0 Å². The number of rotatable bonds is 3. The van der Waals surface area contributed by atoms with Crippen molar-refractivity contribution in [3.63, 3.8) is 0 Å². The van der Waals surface area contributed by atoms with Gasteiger partial charge in [0.05, 0.1) is 28.0 Å². The molecule has 0 N–H and O–H groups in total. The van der Waals surface area contributed by atoms with Gasteiger partial charge < -0.3 is 0 Å². The summed E-state index contributed by atoms with van der Waals surface area (Å²) in [6.45, 7) is 1.85. The van der Waals surface area contributed by atoms with Crippen LogP contribution in [0.4, 0.5) is 0 Å². The second-order valence-corrected chi connectivity index (χ2v) is 8.87. The van der Waals surface area contributed by atoms with Crippen LogP contribution in [0.15, 0.2) is 83.3 Å². The van der Waals surface area contributed by atoms with Crippen molar-refractivity contribution in [1.29, 1.82) is 0 Å². The molecule has 0 saturated carbocycles. The van der Waals surface area contributed by atoms with Crippen molar-refractivity contribution >= 4 is 38.5 Å². The van der Waals surface area contributed by atoms with Crippen molar-refractivity contribution in [2.45, 2.75) is 6.92 Å². The molecule has 0 radical (unpaired) electrons. The standard InChI is InChI=1S/C27H16BrN3O2/c1-15-21-22(25(32)16-11-13-17(28)14-12-16)23-24(19-9-5-6-10-20(19)26(23)33)29-27(21)31(30-15)18-7-3-2-4-8-18/h2-14H,1H3. The van der Waals surface area contributed by atoms with Gasteiger partial charge in [-0.2, -0.15) is 5.10 Å². The highest BCUT2D eigenvalue weighted by molar-refractivity contribution is 9.10. The molecule has 1 aliphatic carbocycles. The molecule has 5 aromatic rings. The molecule has 2 aromatic heterocycles. The van der Waals surface area contributed by atoms with Gasteiger partial charge in [-0.3, -0.25) is 9.59 Å². The number of aromatic nitrogens is 3. The van der Waals surface area contributed by atoms with Crippen molar-refractivity contribution < 1.29 is 9.59 Å². The lowest BCUT2D eigenvalue weighted by Crippen LogP contribution is -2.11. The maximum atomic E-state index is 13.9. The van der Waals surface area contributed by atoms with Gasteiger partial charge >= 0.3 is 0 Å². The Hall–Kier alpha value is -3.90. The van der Waals surface area contributed by atoms with Crippen LogP contribution in [0.2, 0.25) is 0 Å². The normalized spacial score (nSPS) is 12.1. The highest BCUT2D eigenvalue weighted by Crippen LogP contribution is 2.41. The fraction of sp³-hybridized carbons (Fsp3) is 0.0370. The van der Waals surface area contributed by atoms with E-state index in [2.05, 4.69) is 15.9 Å². The first-order chi connectivity index (χ1) is 16.0. The molecule has 0 atom stereocenters. The number of fused-ring (bicyclic) bond motifs is 4. The third-order valence-electron chi connectivity index (χ3n) is 5.98. The molecular weight excluding hydrogens is 478 g/mol. The number of carbonyl (C=O) groups excluding carboxylic acids is 2. The van der Waals surface area contributed by atoms with Gasteiger partial charge in [0.15, 0.2) is 17.2 Å². The number of nitrogens with zero attached hydrogens (tertiary/aromatic N) is 3. The molecule has 6 rings (SSSR count). The summed E-state index contributed by atoms with van der Waals surface area (Å²) < 4.78 is 2.62. The summed E-state index contributed by atoms with van der Waals surface area (Å²) >= 11 is 3.42. The largest absolute Gasteiger partial charge is 0.289 e. The Morgan fingerprint density at radius 1 is 0.879 bits per heavy atom. The van der Waals surface area contributed by atoms with Crippen LogP contribution < -0.4 is 0 Å². The molecule has 0 fully saturated rings. The van der Waals surface area contributed by atoms with Crippen molar-refractivity contribution in [1.82, 2.24) is 14.8 Å². The van der Waals surface area contributed by atoms with Crippen LogP contribution in [0.1, 0.15) is 37.5 Å². The molecule has 1 aliphatic rings. The Labute approximate surface area is 197 Å². The number of pyridine rings is 1. The molecule has 0 bridgehead atoms. The molecule has 158 valence electrons. The minimum Gasteiger partial charge on any atom is -0.289 e. The van der Waals surface area contributed by atoms with Gasteiger partial charge in [-0.05, 0) is 43.3 Å². The lowest BCUT2D eigenvalue weighted by atomic mass is 9.93. The average Bonchev–Trinajstić information content (AvgIpc) is 3.33. The first kappa shape index (κ1) is 19.8. The lowest BCUT2D eigenvalue weighted by molar-refractivity contribution is 0.101. The van der Waals surface area contributed by atoms with Gasteiger partial charge in [-0.1, -0.05) is 58.4 Å². The summed E-state index contributed by atoms with van der Waals surface area (Å²) in [5.74, 6) is -0.398. The van der Waals surface area contributed by atoms with Crippen molar-refractivity contribution in [2.24, 2.45) is 0 Å². The Morgan fingerprint density at radius 3 is 2.27 bits per heavy atom. The number of hydrogen-bond donors (Lipinski definition) is 0. The molecule has 0 amide bonds. The van der Waals surface area contributed by atoms with Crippen LogP contribution in [0.3, 0.4) is 0 Å². The predicted octanol–water partition coefficient (Wildman–Crippen LogP) is 5.93. The minimum atomic E-state index is -0.219. The van der Waals surface area contributed by atoms with Crippen molar-refractivity contribution in [3.05, 3.63) is 111 Å². The fourth-order valence-corrected chi connectivity index (χ4v) is 4.74. The molecule has 6 heteroatoms. The van der Waals surface area contributed by atoms with E-state index in [0.717, 1.165) is 15.7 Å². The summed E-state index contributed by atoms with van der Waals surface area (Å²) in [5, 5.41) is 5.32. The molecule has 0 aliphatic heterocycles. The Balaban J connectivity index is 1.73. The number of para-hydroxylation sites is 1. The maximum Gasteiger partial charge on any atom is 0.196 e. The summed E-state index contributed by atoms with van der Waals surface area (Å²) in [7, 11) is 0. The van der Waals surface area contributed by atoms with E-state index in [-0.39, 0.29) is 11.6 Å². The van der Waals surface area contributed by atoms with Gasteiger partial charge in [0, 0.05) is 26.7 Å². The van der Waals surface area contributed by atoms with E-state index in [9.17, 15) is 9.59 Å². The third kappa shape index (κ3) is 2.91. The van der Waals surface area contributed by atoms with Crippen LogP contribution in [-0.2, 0) is 0 Å². The van der Waals surface area contributed by atoms with Gasteiger partial charge in [-0.25, -0.2) is 9.67 Å². The van der Waals surface area contributed by atoms with Crippen molar-refractivity contribution in [2.75, 3.05) is 0 Å². The van der Waals surface area contributed by atoms with Gasteiger partial charge in [0.25, 0.3) is 0 Å². The van der Waals surface area contributed by atoms with Gasteiger partial charge in [0.2, 0.25) is 0 Å². The number of halogens is 1. The van der Waals surface area contributed by atoms with E-state index >= 15 is 0 Å². The summed E-state index contributed by atoms with van der Waals surface area (Å²) in [6, 6.07) is 24.2. The number of ketones is 2. The highest BCUT2D eigenvalue weighted by atomic mass is 79.9. The smallest absolute Gasteiger partial charge is 0.196 e. The number of aryl methyl sites for hydroxylation is 1. The average molecular weight is 494 g/mol. The zero-order valence-corrected chi connectivity index (χ0v) is 19.1. The maximum absolute atomic E-state index is 13.9. The van der Waals surface area contributed by atoms with E-state index in [4.69, 9.17) is 10.1 Å². The second kappa shape index (κ2) is 7.32. The van der Waals surface area contributed by atoms with Gasteiger partial charge in [-0.15, -0.1) is 0 Å². The van der Waals surface area contributed by atoms with Crippen LogP contribution >= 0.6 is 15.9 Å². The SMILES string of the molecule is Cc1nn(-c2ccccc2)c2nc3c(c(C(=O)c4ccc(Br)cc4)c12)C(=O)c1ccccc1-3. The summed E-state index contributed by atoms with van der Waals surface area (Å²) in [6.07, 6.45) is 0. The number of carbonyl (C=O) groups is 2. The zero-order chi connectivity index (χ0) is 22.7. The lowest BCUT2D eigenvalue weighted by Gasteiger charge is -2.10. The van der Waals surface area contributed by atoms with Gasteiger partial charge in [0.1, 0.15) is 0 Å². The predicted molar refractivity (Wildman–Crippen MR) is 130 cm³/mol. The van der Waals surface area contributed by atoms with E-state index in [1.807, 2.05) is 67.6 Å². The number of hydrogen-bond acceptors (Lipinski definition) is 4.